The molecule has 0 spiro atoms. The molecule has 2 aromatic heterocycles. The summed E-state index contributed by atoms with van der Waals surface area (Å²) in [5, 5.41) is 10.2. The molecule has 1 aromatic carbocycles. The van der Waals surface area contributed by atoms with Gasteiger partial charge < -0.3 is 24.8 Å². The van der Waals surface area contributed by atoms with E-state index in [0.29, 0.717) is 19.2 Å². The first kappa shape index (κ1) is 21.0. The number of ether oxygens (including phenoxy) is 2. The highest BCUT2D eigenvalue weighted by atomic mass is 16.5. The smallest absolute Gasteiger partial charge is 0.290 e. The third-order valence-electron chi connectivity index (χ3n) is 5.18. The van der Waals surface area contributed by atoms with Gasteiger partial charge in [0.15, 0.2) is 5.82 Å². The van der Waals surface area contributed by atoms with Crippen molar-refractivity contribution in [2.24, 2.45) is 0 Å². The Labute approximate surface area is 180 Å². The van der Waals surface area contributed by atoms with Crippen LogP contribution >= 0.6 is 0 Å². The van der Waals surface area contributed by atoms with Crippen molar-refractivity contribution in [1.82, 2.24) is 15.0 Å². The first-order valence-electron chi connectivity index (χ1n) is 10.3. The summed E-state index contributed by atoms with van der Waals surface area (Å²) in [6, 6.07) is 12.1. The van der Waals surface area contributed by atoms with E-state index >= 15 is 0 Å². The van der Waals surface area contributed by atoms with E-state index in [4.69, 9.17) is 34.3 Å². The van der Waals surface area contributed by atoms with Gasteiger partial charge in [0.05, 0.1) is 24.8 Å². The van der Waals surface area contributed by atoms with Gasteiger partial charge in [-0.25, -0.2) is 4.98 Å². The van der Waals surface area contributed by atoms with Crippen LogP contribution in [0.3, 0.4) is 0 Å². The minimum Gasteiger partial charge on any atom is -0.483 e. The van der Waals surface area contributed by atoms with E-state index in [1.54, 1.807) is 0 Å². The van der Waals surface area contributed by atoms with E-state index in [9.17, 15) is 0 Å². The molecule has 2 aliphatic rings. The monoisotopic (exact) mass is 423 g/mol. The first-order valence-corrected chi connectivity index (χ1v) is 10.3. The minimum absolute atomic E-state index is 0.115. The molecule has 2 saturated heterocycles. The van der Waals surface area contributed by atoms with Gasteiger partial charge in [-0.3, -0.25) is 9.78 Å². The molecular formula is C22H25N5O4. The number of morpholine rings is 1. The van der Waals surface area contributed by atoms with E-state index in [1.165, 1.54) is 0 Å². The van der Waals surface area contributed by atoms with Gasteiger partial charge >= 0.3 is 0 Å². The van der Waals surface area contributed by atoms with Crippen LogP contribution in [-0.2, 0) is 14.3 Å². The van der Waals surface area contributed by atoms with Crippen molar-refractivity contribution >= 4 is 35.0 Å². The highest BCUT2D eigenvalue weighted by molar-refractivity contribution is 5.87. The molecule has 0 radical (unpaired) electrons. The molecule has 9 nitrogen and oxygen atoms in total. The molecular weight excluding hydrogens is 398 g/mol. The van der Waals surface area contributed by atoms with E-state index in [-0.39, 0.29) is 12.6 Å². The van der Waals surface area contributed by atoms with Gasteiger partial charge in [-0.1, -0.05) is 18.2 Å². The van der Waals surface area contributed by atoms with Gasteiger partial charge in [0.25, 0.3) is 6.47 Å². The maximum atomic E-state index is 8.36. The summed E-state index contributed by atoms with van der Waals surface area (Å²) < 4.78 is 11.3. The molecule has 0 bridgehead atoms. The fraction of sp³-hybridized carbons (Fsp3) is 0.364. The zero-order chi connectivity index (χ0) is 21.5. The molecule has 1 atom stereocenters. The Morgan fingerprint density at radius 2 is 1.90 bits per heavy atom. The predicted molar refractivity (Wildman–Crippen MR) is 117 cm³/mol. The molecule has 0 saturated carbocycles. The van der Waals surface area contributed by atoms with Crippen LogP contribution in [-0.4, -0.2) is 59.4 Å². The van der Waals surface area contributed by atoms with Crippen LogP contribution in [0.1, 0.15) is 24.5 Å². The largest absolute Gasteiger partial charge is 0.483 e. The Morgan fingerprint density at radius 1 is 1.13 bits per heavy atom. The Balaban J connectivity index is 0.000000730. The lowest BCUT2D eigenvalue weighted by atomic mass is 10.1. The van der Waals surface area contributed by atoms with Crippen LogP contribution in [0.5, 0.6) is 0 Å². The maximum absolute atomic E-state index is 8.36. The zero-order valence-corrected chi connectivity index (χ0v) is 17.1. The fourth-order valence-corrected chi connectivity index (χ4v) is 3.74. The lowest BCUT2D eigenvalue weighted by Crippen LogP contribution is -2.37. The highest BCUT2D eigenvalue weighted by Crippen LogP contribution is 2.32. The zero-order valence-electron chi connectivity index (χ0n) is 17.1. The summed E-state index contributed by atoms with van der Waals surface area (Å²) in [4.78, 5) is 24.9. The van der Waals surface area contributed by atoms with E-state index in [2.05, 4.69) is 16.3 Å². The van der Waals surface area contributed by atoms with Crippen molar-refractivity contribution in [2.45, 2.75) is 18.9 Å². The highest BCUT2D eigenvalue weighted by Gasteiger charge is 2.22. The third kappa shape index (κ3) is 5.07. The summed E-state index contributed by atoms with van der Waals surface area (Å²) >= 11 is 0. The minimum atomic E-state index is -0.250. The van der Waals surface area contributed by atoms with Crippen LogP contribution in [0.2, 0.25) is 0 Å². The number of hydrogen-bond acceptors (Lipinski definition) is 8. The van der Waals surface area contributed by atoms with Crippen molar-refractivity contribution in [2.75, 3.05) is 43.1 Å². The summed E-state index contributed by atoms with van der Waals surface area (Å²) in [5.41, 5.74) is 3.70. The van der Waals surface area contributed by atoms with Gasteiger partial charge in [-0.15, -0.1) is 0 Å². The lowest BCUT2D eigenvalue weighted by molar-refractivity contribution is -0.122. The average Bonchev–Trinajstić information content (AvgIpc) is 3.35. The van der Waals surface area contributed by atoms with Crippen LogP contribution < -0.4 is 10.2 Å². The Bertz CT molecular complexity index is 1010. The van der Waals surface area contributed by atoms with E-state index in [0.717, 1.165) is 60.6 Å². The van der Waals surface area contributed by atoms with Crippen LogP contribution in [0, 0.1) is 0 Å². The normalized spacial score (nSPS) is 18.3. The molecule has 5 rings (SSSR count). The number of aromatic nitrogens is 3. The number of nitrogens with zero attached hydrogens (tertiary/aromatic N) is 4. The van der Waals surface area contributed by atoms with Gasteiger partial charge in [-0.2, -0.15) is 4.98 Å². The quantitative estimate of drug-likeness (QED) is 0.612. The molecule has 162 valence electrons. The van der Waals surface area contributed by atoms with Gasteiger partial charge in [-0.05, 0) is 31.0 Å². The molecule has 0 aliphatic carbocycles. The van der Waals surface area contributed by atoms with E-state index < -0.39 is 0 Å². The summed E-state index contributed by atoms with van der Waals surface area (Å²) in [6.07, 6.45) is 4.15. The second-order valence-corrected chi connectivity index (χ2v) is 7.20. The van der Waals surface area contributed by atoms with Gasteiger partial charge in [0.1, 0.15) is 5.52 Å². The summed E-state index contributed by atoms with van der Waals surface area (Å²) in [5.74, 6) is 1.43. The number of benzene rings is 1. The molecule has 3 aromatic rings. The van der Waals surface area contributed by atoms with Crippen molar-refractivity contribution in [3.8, 4) is 0 Å². The predicted octanol–water partition coefficient (Wildman–Crippen LogP) is 3.16. The molecule has 2 N–H and O–H groups in total. The van der Waals surface area contributed by atoms with Crippen molar-refractivity contribution in [3.05, 3.63) is 48.2 Å². The molecule has 2 fully saturated rings. The number of hydrogen-bond donors (Lipinski definition) is 2. The molecule has 1 unspecified atom stereocenters. The number of para-hydroxylation sites is 1. The Hall–Kier alpha value is -3.30. The van der Waals surface area contributed by atoms with E-state index in [1.807, 2.05) is 36.5 Å². The molecule has 0 amide bonds. The number of carbonyl (C=O) groups is 1. The van der Waals surface area contributed by atoms with Crippen LogP contribution in [0.4, 0.5) is 17.5 Å². The average molecular weight is 423 g/mol. The molecule has 31 heavy (non-hydrogen) atoms. The van der Waals surface area contributed by atoms with Crippen molar-refractivity contribution in [3.63, 3.8) is 0 Å². The van der Waals surface area contributed by atoms with Gasteiger partial charge in [0, 0.05) is 37.1 Å². The van der Waals surface area contributed by atoms with Crippen molar-refractivity contribution < 1.29 is 19.4 Å². The number of fused-ring (bicyclic) bond motifs is 1. The summed E-state index contributed by atoms with van der Waals surface area (Å²) in [6.45, 7) is 3.55. The fourth-order valence-electron chi connectivity index (χ4n) is 3.74. The number of anilines is 3. The molecule has 2 aliphatic heterocycles. The summed E-state index contributed by atoms with van der Waals surface area (Å²) in [7, 11) is 0. The van der Waals surface area contributed by atoms with Crippen LogP contribution in [0.15, 0.2) is 42.6 Å². The molecule has 4 heterocycles. The number of nitrogens with one attached hydrogen (secondary N) is 1. The maximum Gasteiger partial charge on any atom is 0.290 e. The van der Waals surface area contributed by atoms with Gasteiger partial charge in [0.2, 0.25) is 5.95 Å². The Kier molecular flexibility index (Phi) is 6.85. The SMILES string of the molecule is O=CO.c1ccc(Nc2nc(N3CCOCC3)c3ncc(C4CCCO4)cc3n2)cc1. The standard InChI is InChI=1S/C21H23N5O2.CH2O2/c1-2-5-16(6-3-1)23-21-24-17-13-15(18-7-4-10-28-18)14-22-19(17)20(25-21)26-8-11-27-12-9-26;2-1-3/h1-3,5-6,13-14,18H,4,7-12H2,(H,23,24,25);1H,(H,2,3). The number of rotatable bonds is 4. The second kappa shape index (κ2) is 10.1. The number of pyridine rings is 1. The Morgan fingerprint density at radius 3 is 2.61 bits per heavy atom. The molecule has 9 heteroatoms. The topological polar surface area (TPSA) is 110 Å². The number of carboxylic acid groups (broad SMARTS) is 1. The second-order valence-electron chi connectivity index (χ2n) is 7.20. The third-order valence-corrected chi connectivity index (χ3v) is 5.18. The lowest BCUT2D eigenvalue weighted by Gasteiger charge is -2.28. The van der Waals surface area contributed by atoms with Crippen LogP contribution in [0.25, 0.3) is 11.0 Å². The first-order chi connectivity index (χ1) is 15.3. The van der Waals surface area contributed by atoms with Crippen molar-refractivity contribution in [1.29, 1.82) is 0 Å².